The number of hydrogen-bond acceptors (Lipinski definition) is 1. The maximum absolute atomic E-state index is 3.79. The van der Waals surface area contributed by atoms with Crippen molar-refractivity contribution in [2.24, 2.45) is 0 Å². The summed E-state index contributed by atoms with van der Waals surface area (Å²) in [6.45, 7) is 0. The molecule has 0 aliphatic rings. The normalized spacial score (nSPS) is 9.29. The fourth-order valence-electron chi connectivity index (χ4n) is 0.385. The van der Waals surface area contributed by atoms with Gasteiger partial charge in [0.2, 0.25) is 5.82 Å². The van der Waals surface area contributed by atoms with Gasteiger partial charge in [0.25, 0.3) is 0 Å². The number of hydrogen-bond donors (Lipinski definition) is 2. The molecule has 0 unspecified atom stereocenters. The molecule has 0 radical (unpaired) electrons. The van der Waals surface area contributed by atoms with Crippen LogP contribution in [-0.4, -0.2) is 10.2 Å². The predicted molar refractivity (Wildman–Crippen MR) is 25.5 cm³/mol. The van der Waals surface area contributed by atoms with Crippen molar-refractivity contribution >= 4 is 5.82 Å². The van der Waals surface area contributed by atoms with Crippen LogP contribution in [0.15, 0.2) is 12.3 Å². The summed E-state index contributed by atoms with van der Waals surface area (Å²) in [6.07, 6.45) is 1.76. The fraction of sp³-hybridized carbons (Fsp3) is 0. The quantitative estimate of drug-likeness (QED) is 0.451. The second kappa shape index (κ2) is 1.75. The van der Waals surface area contributed by atoms with Gasteiger partial charge in [-0.05, 0) is 0 Å². The van der Waals surface area contributed by atoms with Crippen LogP contribution in [0.25, 0.3) is 0 Å². The number of rotatable bonds is 1. The van der Waals surface area contributed by atoms with Crippen LogP contribution in [-0.2, 0) is 0 Å². The lowest BCUT2D eigenvalue weighted by Gasteiger charge is -1.85. The molecule has 0 aliphatic heterocycles. The van der Waals surface area contributed by atoms with Crippen LogP contribution in [0, 0.1) is 7.05 Å². The van der Waals surface area contributed by atoms with E-state index in [1.54, 1.807) is 11.5 Å². The Balaban J connectivity index is 2.76. The van der Waals surface area contributed by atoms with E-state index in [1.165, 1.54) is 0 Å². The van der Waals surface area contributed by atoms with Crippen molar-refractivity contribution in [1.82, 2.24) is 10.2 Å². The highest BCUT2D eigenvalue weighted by atomic mass is 15.2. The zero-order valence-electron chi connectivity index (χ0n) is 3.89. The maximum Gasteiger partial charge on any atom is 0.216 e. The van der Waals surface area contributed by atoms with Gasteiger partial charge in [0.15, 0.2) is 0 Å². The van der Waals surface area contributed by atoms with Crippen molar-refractivity contribution in [3.8, 4) is 0 Å². The number of nitrogens with one attached hydrogen (secondary N) is 1. The van der Waals surface area contributed by atoms with E-state index in [0.29, 0.717) is 0 Å². The van der Waals surface area contributed by atoms with Crippen molar-refractivity contribution in [1.29, 1.82) is 0 Å². The molecule has 0 saturated carbocycles. The third-order valence-corrected chi connectivity index (χ3v) is 0.731. The Kier molecular flexibility index (Phi) is 1.08. The van der Waals surface area contributed by atoms with E-state index in [2.05, 4.69) is 17.2 Å². The summed E-state index contributed by atoms with van der Waals surface area (Å²) in [7, 11) is 3.52. The smallest absolute Gasteiger partial charge is 0.216 e. The van der Waals surface area contributed by atoms with Crippen LogP contribution >= 0.6 is 0 Å². The number of nitrogens with two attached hydrogens (primary N) is 1. The Bertz CT molecular complexity index is 121. The van der Waals surface area contributed by atoms with Gasteiger partial charge in [-0.3, -0.25) is 5.10 Å². The molecule has 0 fully saturated rings. The van der Waals surface area contributed by atoms with Gasteiger partial charge in [0, 0.05) is 12.3 Å². The largest absolute Gasteiger partial charge is 0.428 e. The summed E-state index contributed by atoms with van der Waals surface area (Å²) >= 11 is 0. The van der Waals surface area contributed by atoms with Gasteiger partial charge in [-0.1, -0.05) is 0 Å². The maximum atomic E-state index is 3.79. The summed E-state index contributed by atoms with van der Waals surface area (Å²) < 4.78 is 0. The average Bonchev–Trinajstić information content (AvgIpc) is 2.14. The van der Waals surface area contributed by atoms with Crippen LogP contribution in [0.3, 0.4) is 0 Å². The zero-order chi connectivity index (χ0) is 5.11. The molecule has 0 saturated heterocycles. The van der Waals surface area contributed by atoms with E-state index < -0.39 is 0 Å². The number of aromatic nitrogens is 2. The Hall–Kier alpha value is -0.830. The van der Waals surface area contributed by atoms with Gasteiger partial charge >= 0.3 is 0 Å². The second-order valence-corrected chi connectivity index (χ2v) is 1.20. The molecule has 38 valence electrons. The van der Waals surface area contributed by atoms with Crippen molar-refractivity contribution in [2.75, 3.05) is 0 Å². The molecule has 1 rings (SSSR count). The van der Waals surface area contributed by atoms with E-state index >= 15 is 0 Å². The molecule has 0 amide bonds. The summed E-state index contributed by atoms with van der Waals surface area (Å²) in [5, 5.41) is 8.14. The molecular formula is C4H7N3. The van der Waals surface area contributed by atoms with E-state index in [4.69, 9.17) is 0 Å². The summed E-state index contributed by atoms with van der Waals surface area (Å²) in [4.78, 5) is 0. The van der Waals surface area contributed by atoms with E-state index in [9.17, 15) is 0 Å². The van der Waals surface area contributed by atoms with Crippen LogP contribution in [0.2, 0.25) is 0 Å². The van der Waals surface area contributed by atoms with Crippen LogP contribution < -0.4 is 5.32 Å². The highest BCUT2D eigenvalue weighted by Gasteiger charge is 1.83. The number of nitrogens with zero attached hydrogens (tertiary/aromatic N) is 1. The molecule has 7 heavy (non-hydrogen) atoms. The minimum absolute atomic E-state index is 0.889. The lowest BCUT2D eigenvalue weighted by Crippen LogP contribution is -2.69. The molecule has 3 nitrogen and oxygen atoms in total. The molecular weight excluding hydrogens is 90.1 g/mol. The molecule has 0 bridgehead atoms. The first-order valence-electron chi connectivity index (χ1n) is 2.05. The molecule has 3 N–H and O–H groups in total. The third-order valence-electron chi connectivity index (χ3n) is 0.731. The van der Waals surface area contributed by atoms with E-state index in [0.717, 1.165) is 5.82 Å². The fourth-order valence-corrected chi connectivity index (χ4v) is 0.385. The van der Waals surface area contributed by atoms with Crippen LogP contribution in [0.1, 0.15) is 0 Å². The monoisotopic (exact) mass is 97.1 g/mol. The van der Waals surface area contributed by atoms with E-state index in [-0.39, 0.29) is 0 Å². The number of H-pyrrole nitrogens is 1. The first-order valence-corrected chi connectivity index (χ1v) is 2.05. The average molecular weight is 97.1 g/mol. The van der Waals surface area contributed by atoms with Crippen molar-refractivity contribution in [3.63, 3.8) is 0 Å². The Morgan fingerprint density at radius 3 is 3.00 bits per heavy atom. The molecule has 0 atom stereocenters. The van der Waals surface area contributed by atoms with Crippen molar-refractivity contribution in [3.05, 3.63) is 19.3 Å². The van der Waals surface area contributed by atoms with Gasteiger partial charge in [-0.2, -0.15) is 0 Å². The first-order chi connectivity index (χ1) is 3.43. The van der Waals surface area contributed by atoms with Gasteiger partial charge in [-0.25, -0.2) is 0 Å². The number of quaternary nitrogens is 1. The minimum Gasteiger partial charge on any atom is -0.428 e. The van der Waals surface area contributed by atoms with Gasteiger partial charge in [0.1, 0.15) is 0 Å². The number of aromatic amines is 1. The molecule has 0 aromatic carbocycles. The highest BCUT2D eigenvalue weighted by molar-refractivity contribution is 5.10. The van der Waals surface area contributed by atoms with Crippen molar-refractivity contribution in [2.45, 2.75) is 0 Å². The zero-order valence-corrected chi connectivity index (χ0v) is 3.89. The van der Waals surface area contributed by atoms with Gasteiger partial charge < -0.3 is 5.32 Å². The lowest BCUT2D eigenvalue weighted by molar-refractivity contribution is -0.508. The SMILES string of the molecule is [CH2-][NH2+]c1cc[nH]n1. The van der Waals surface area contributed by atoms with Crippen molar-refractivity contribution < 1.29 is 5.32 Å². The molecule has 0 aliphatic carbocycles. The predicted octanol–water partition coefficient (Wildman–Crippen LogP) is -0.604. The molecule has 1 heterocycles. The Labute approximate surface area is 41.7 Å². The second-order valence-electron chi connectivity index (χ2n) is 1.20. The lowest BCUT2D eigenvalue weighted by atomic mass is 10.6. The Morgan fingerprint density at radius 1 is 1.86 bits per heavy atom. The van der Waals surface area contributed by atoms with Crippen LogP contribution in [0.5, 0.6) is 0 Å². The summed E-state index contributed by atoms with van der Waals surface area (Å²) in [5.74, 6) is 0.889. The molecule has 3 heteroatoms. The molecule has 1 aromatic rings. The summed E-state index contributed by atoms with van der Waals surface area (Å²) in [5.41, 5.74) is 0. The first kappa shape index (κ1) is 4.33. The minimum atomic E-state index is 0.889. The van der Waals surface area contributed by atoms with Gasteiger partial charge in [0.05, 0.1) is 0 Å². The third kappa shape index (κ3) is 0.778. The summed E-state index contributed by atoms with van der Waals surface area (Å²) in [6, 6.07) is 1.85. The van der Waals surface area contributed by atoms with E-state index in [1.807, 2.05) is 6.07 Å². The highest BCUT2D eigenvalue weighted by Crippen LogP contribution is 1.84. The molecule has 0 spiro atoms. The van der Waals surface area contributed by atoms with Gasteiger partial charge in [-0.15, -0.1) is 12.1 Å². The van der Waals surface area contributed by atoms with Crippen LogP contribution in [0.4, 0.5) is 5.82 Å². The Morgan fingerprint density at radius 2 is 2.71 bits per heavy atom. The molecule has 1 aromatic heterocycles. The topological polar surface area (TPSA) is 45.3 Å². The standard InChI is InChI=1S/C4H7N3/c1-5-4-2-3-6-7-4/h2-3H,1,5H2,(H,6,7).